The Hall–Kier alpha value is -2.17. The van der Waals surface area contributed by atoms with Gasteiger partial charge in [0.05, 0.1) is 5.56 Å². The van der Waals surface area contributed by atoms with E-state index >= 15 is 0 Å². The monoisotopic (exact) mass is 346 g/mol. The molecule has 5 heteroatoms. The van der Waals surface area contributed by atoms with Crippen LogP contribution in [0.3, 0.4) is 0 Å². The van der Waals surface area contributed by atoms with Gasteiger partial charge in [-0.25, -0.2) is 0 Å². The smallest absolute Gasteiger partial charge is 0.351 e. The molecule has 0 aliphatic carbocycles. The van der Waals surface area contributed by atoms with E-state index < -0.39 is 11.7 Å². The number of halogens is 3. The molecule has 1 unspecified atom stereocenters. The highest BCUT2D eigenvalue weighted by atomic mass is 19.4. The summed E-state index contributed by atoms with van der Waals surface area (Å²) < 4.78 is 38.6. The van der Waals surface area contributed by atoms with Crippen LogP contribution in [0, 0.1) is 0 Å². The molecule has 2 aromatic carbocycles. The first-order valence-electron chi connectivity index (χ1n) is 8.82. The molecule has 2 aromatic rings. The van der Waals surface area contributed by atoms with E-state index in [1.54, 1.807) is 12.1 Å². The molecular weight excluding hydrogens is 325 g/mol. The topological polar surface area (TPSA) is 6.48 Å². The standard InChI is InChI=1S/C20H21F3N2/c21-20(22,23)16-9-11-17(12-10-16)25-14-15-6-3-4-7-18(15)24-13-5-1-2-8-19(24)25/h3-4,6-7,9-12,19H,1-2,5,8,13-14H2. The van der Waals surface area contributed by atoms with Gasteiger partial charge in [-0.15, -0.1) is 0 Å². The van der Waals surface area contributed by atoms with Crippen molar-refractivity contribution in [1.29, 1.82) is 0 Å². The van der Waals surface area contributed by atoms with Crippen molar-refractivity contribution >= 4 is 11.4 Å². The van der Waals surface area contributed by atoms with Crippen LogP contribution in [0.25, 0.3) is 0 Å². The minimum atomic E-state index is -4.29. The first-order chi connectivity index (χ1) is 12.0. The summed E-state index contributed by atoms with van der Waals surface area (Å²) in [6.45, 7) is 1.74. The Labute approximate surface area is 145 Å². The summed E-state index contributed by atoms with van der Waals surface area (Å²) in [6.07, 6.45) is 0.480. The molecule has 1 fully saturated rings. The van der Waals surface area contributed by atoms with Crippen LogP contribution in [-0.2, 0) is 12.7 Å². The van der Waals surface area contributed by atoms with Gasteiger partial charge in [-0.2, -0.15) is 13.2 Å². The highest BCUT2D eigenvalue weighted by molar-refractivity contribution is 5.63. The fourth-order valence-corrected chi connectivity index (χ4v) is 4.01. The zero-order valence-electron chi connectivity index (χ0n) is 14.0. The molecule has 4 rings (SSSR count). The van der Waals surface area contributed by atoms with Crippen molar-refractivity contribution < 1.29 is 13.2 Å². The van der Waals surface area contributed by atoms with E-state index in [9.17, 15) is 13.2 Å². The zero-order chi connectivity index (χ0) is 17.4. The molecule has 2 nitrogen and oxygen atoms in total. The van der Waals surface area contributed by atoms with Crippen molar-refractivity contribution in [2.45, 2.75) is 44.6 Å². The van der Waals surface area contributed by atoms with Gasteiger partial charge in [-0.1, -0.05) is 24.6 Å². The molecule has 1 saturated heterocycles. The lowest BCUT2D eigenvalue weighted by Gasteiger charge is -2.46. The minimum Gasteiger partial charge on any atom is -0.351 e. The molecule has 0 bridgehead atoms. The molecule has 0 spiro atoms. The third-order valence-corrected chi connectivity index (χ3v) is 5.25. The highest BCUT2D eigenvalue weighted by Crippen LogP contribution is 2.38. The number of anilines is 2. The Kier molecular flexibility index (Phi) is 4.10. The van der Waals surface area contributed by atoms with Crippen molar-refractivity contribution in [3.05, 3.63) is 59.7 Å². The van der Waals surface area contributed by atoms with Crippen LogP contribution in [0.5, 0.6) is 0 Å². The fraction of sp³-hybridized carbons (Fsp3) is 0.400. The van der Waals surface area contributed by atoms with Gasteiger partial charge in [0.2, 0.25) is 0 Å². The van der Waals surface area contributed by atoms with E-state index in [-0.39, 0.29) is 6.17 Å². The SMILES string of the molecule is FC(F)(F)c1ccc(N2Cc3ccccc3N3CCCCCC23)cc1. The van der Waals surface area contributed by atoms with Gasteiger partial charge in [-0.3, -0.25) is 0 Å². The lowest BCUT2D eigenvalue weighted by molar-refractivity contribution is -0.137. The summed E-state index contributed by atoms with van der Waals surface area (Å²) >= 11 is 0. The third-order valence-electron chi connectivity index (χ3n) is 5.25. The average molecular weight is 346 g/mol. The van der Waals surface area contributed by atoms with E-state index in [0.29, 0.717) is 0 Å². The maximum Gasteiger partial charge on any atom is 0.416 e. The second-order valence-electron chi connectivity index (χ2n) is 6.82. The number of fused-ring (bicyclic) bond motifs is 3. The predicted molar refractivity (Wildman–Crippen MR) is 93.7 cm³/mol. The first-order valence-corrected chi connectivity index (χ1v) is 8.82. The van der Waals surface area contributed by atoms with E-state index in [0.717, 1.165) is 38.0 Å². The summed E-state index contributed by atoms with van der Waals surface area (Å²) in [5.74, 6) is 0. The average Bonchev–Trinajstić information content (AvgIpc) is 2.86. The molecule has 0 aromatic heterocycles. The molecule has 0 N–H and O–H groups in total. The van der Waals surface area contributed by atoms with Crippen LogP contribution in [0.15, 0.2) is 48.5 Å². The van der Waals surface area contributed by atoms with Crippen LogP contribution >= 0.6 is 0 Å². The zero-order valence-corrected chi connectivity index (χ0v) is 14.0. The highest BCUT2D eigenvalue weighted by Gasteiger charge is 2.34. The molecule has 0 amide bonds. The Morgan fingerprint density at radius 1 is 0.840 bits per heavy atom. The first kappa shape index (κ1) is 16.3. The van der Waals surface area contributed by atoms with Crippen molar-refractivity contribution in [3.8, 4) is 0 Å². The second kappa shape index (κ2) is 6.28. The number of hydrogen-bond donors (Lipinski definition) is 0. The summed E-state index contributed by atoms with van der Waals surface area (Å²) in [5, 5.41) is 0. The normalized spacial score (nSPS) is 20.7. The summed E-state index contributed by atoms with van der Waals surface area (Å²) in [5.41, 5.74) is 2.78. The molecular formula is C20H21F3N2. The summed E-state index contributed by atoms with van der Waals surface area (Å²) in [4.78, 5) is 4.69. The second-order valence-corrected chi connectivity index (χ2v) is 6.82. The van der Waals surface area contributed by atoms with Gasteiger partial charge in [-0.05, 0) is 55.2 Å². The van der Waals surface area contributed by atoms with Crippen molar-refractivity contribution in [2.75, 3.05) is 16.3 Å². The molecule has 0 radical (unpaired) electrons. The predicted octanol–water partition coefficient (Wildman–Crippen LogP) is 5.43. The molecule has 1 atom stereocenters. The summed E-state index contributed by atoms with van der Waals surface area (Å²) in [7, 11) is 0. The van der Waals surface area contributed by atoms with Gasteiger partial charge < -0.3 is 9.80 Å². The van der Waals surface area contributed by atoms with Gasteiger partial charge in [0, 0.05) is 24.5 Å². The van der Waals surface area contributed by atoms with E-state index in [2.05, 4.69) is 28.0 Å². The van der Waals surface area contributed by atoms with E-state index in [4.69, 9.17) is 0 Å². The Balaban J connectivity index is 1.71. The molecule has 2 aliphatic heterocycles. The van der Waals surface area contributed by atoms with Gasteiger partial charge >= 0.3 is 6.18 Å². The minimum absolute atomic E-state index is 0.217. The molecule has 0 saturated carbocycles. The van der Waals surface area contributed by atoms with Crippen molar-refractivity contribution in [3.63, 3.8) is 0 Å². The van der Waals surface area contributed by atoms with Crippen LogP contribution in [0.2, 0.25) is 0 Å². The molecule has 2 heterocycles. The Morgan fingerprint density at radius 3 is 2.36 bits per heavy atom. The number of para-hydroxylation sites is 1. The summed E-state index contributed by atoms with van der Waals surface area (Å²) in [6, 6.07) is 14.0. The number of alkyl halides is 3. The maximum atomic E-state index is 12.9. The Morgan fingerprint density at radius 2 is 1.60 bits per heavy atom. The quantitative estimate of drug-likeness (QED) is 0.679. The van der Waals surface area contributed by atoms with Crippen molar-refractivity contribution in [2.24, 2.45) is 0 Å². The lowest BCUT2D eigenvalue weighted by Crippen LogP contribution is -2.51. The molecule has 2 aliphatic rings. The van der Waals surface area contributed by atoms with Gasteiger partial charge in [0.15, 0.2) is 0 Å². The Bertz CT molecular complexity index is 739. The van der Waals surface area contributed by atoms with Gasteiger partial charge in [0.1, 0.15) is 6.17 Å². The number of nitrogens with zero attached hydrogens (tertiary/aromatic N) is 2. The fourth-order valence-electron chi connectivity index (χ4n) is 4.01. The largest absolute Gasteiger partial charge is 0.416 e. The lowest BCUT2D eigenvalue weighted by atomic mass is 10.0. The van der Waals surface area contributed by atoms with Crippen LogP contribution in [0.1, 0.15) is 36.8 Å². The van der Waals surface area contributed by atoms with Crippen LogP contribution < -0.4 is 9.80 Å². The molecule has 132 valence electrons. The third kappa shape index (κ3) is 3.08. The van der Waals surface area contributed by atoms with Crippen LogP contribution in [-0.4, -0.2) is 12.7 Å². The van der Waals surface area contributed by atoms with Crippen molar-refractivity contribution in [1.82, 2.24) is 0 Å². The van der Waals surface area contributed by atoms with E-state index in [1.807, 2.05) is 6.07 Å². The number of rotatable bonds is 1. The van der Waals surface area contributed by atoms with E-state index in [1.165, 1.54) is 29.8 Å². The number of benzene rings is 2. The number of hydrogen-bond acceptors (Lipinski definition) is 2. The van der Waals surface area contributed by atoms with Gasteiger partial charge in [0.25, 0.3) is 0 Å². The van der Waals surface area contributed by atoms with Crippen LogP contribution in [0.4, 0.5) is 24.5 Å². The molecule has 25 heavy (non-hydrogen) atoms. The maximum absolute atomic E-state index is 12.9.